The number of ether oxygens (including phenoxy) is 1. The van der Waals surface area contributed by atoms with Crippen LogP contribution in [0.1, 0.15) is 12.5 Å². The summed E-state index contributed by atoms with van der Waals surface area (Å²) in [7, 11) is 0. The minimum atomic E-state index is -0.741. The molecule has 1 atom stereocenters. The summed E-state index contributed by atoms with van der Waals surface area (Å²) in [4.78, 5) is 22.9. The minimum Gasteiger partial charge on any atom is -0.465 e. The fourth-order valence-electron chi connectivity index (χ4n) is 1.31. The maximum Gasteiger partial charge on any atom is 0.323 e. The Bertz CT molecular complexity index is 394. The fraction of sp³-hybridized carbons (Fsp3) is 0.385. The maximum absolute atomic E-state index is 11.7. The predicted octanol–water partition coefficient (Wildman–Crippen LogP) is 1.38. The van der Waals surface area contributed by atoms with Crippen LogP contribution in [0.2, 0.25) is 0 Å². The first kappa shape index (κ1) is 14.7. The van der Waals surface area contributed by atoms with Gasteiger partial charge in [-0.15, -0.1) is 0 Å². The van der Waals surface area contributed by atoms with Crippen molar-refractivity contribution in [3.05, 3.63) is 35.9 Å². The van der Waals surface area contributed by atoms with Crippen LogP contribution < -0.4 is 5.73 Å². The molecular weight excluding hydrogens is 250 g/mol. The van der Waals surface area contributed by atoms with Crippen molar-refractivity contribution in [1.82, 2.24) is 0 Å². The number of nitrogens with two attached hydrogens (primary N) is 1. The Kier molecular flexibility index (Phi) is 6.46. The van der Waals surface area contributed by atoms with Gasteiger partial charge in [-0.1, -0.05) is 42.1 Å². The third kappa shape index (κ3) is 5.33. The first-order chi connectivity index (χ1) is 8.63. The molecule has 2 N–H and O–H groups in total. The second-order valence-corrected chi connectivity index (χ2v) is 4.78. The first-order valence-electron chi connectivity index (χ1n) is 5.75. The summed E-state index contributed by atoms with van der Waals surface area (Å²) < 4.78 is 4.77. The maximum atomic E-state index is 11.7. The molecule has 98 valence electrons. The quantitative estimate of drug-likeness (QED) is 0.789. The topological polar surface area (TPSA) is 69.4 Å². The molecular formula is C13H17NO3S. The Morgan fingerprint density at radius 3 is 2.61 bits per heavy atom. The monoisotopic (exact) mass is 267 g/mol. The summed E-state index contributed by atoms with van der Waals surface area (Å²) in [5.74, 6) is -0.206. The van der Waals surface area contributed by atoms with Gasteiger partial charge < -0.3 is 10.5 Å². The van der Waals surface area contributed by atoms with E-state index in [1.807, 2.05) is 30.3 Å². The summed E-state index contributed by atoms with van der Waals surface area (Å²) in [5, 5.41) is 0.000878. The number of hydrogen-bond acceptors (Lipinski definition) is 5. The fourth-order valence-corrected chi connectivity index (χ4v) is 2.08. The molecule has 0 saturated carbocycles. The van der Waals surface area contributed by atoms with Gasteiger partial charge >= 0.3 is 5.97 Å². The van der Waals surface area contributed by atoms with E-state index in [0.29, 0.717) is 13.0 Å². The molecule has 0 bridgehead atoms. The third-order valence-electron chi connectivity index (χ3n) is 2.20. The highest BCUT2D eigenvalue weighted by Crippen LogP contribution is 2.10. The van der Waals surface area contributed by atoms with E-state index in [1.165, 1.54) is 0 Å². The number of carbonyl (C=O) groups is 2. The molecule has 0 aliphatic rings. The average molecular weight is 267 g/mol. The van der Waals surface area contributed by atoms with Gasteiger partial charge in [-0.3, -0.25) is 9.59 Å². The van der Waals surface area contributed by atoms with E-state index in [1.54, 1.807) is 6.92 Å². The lowest BCUT2D eigenvalue weighted by molar-refractivity contribution is -0.144. The molecule has 1 aromatic carbocycles. The van der Waals surface area contributed by atoms with Crippen molar-refractivity contribution in [3.63, 3.8) is 0 Å². The zero-order valence-corrected chi connectivity index (χ0v) is 11.1. The summed E-state index contributed by atoms with van der Waals surface area (Å²) in [6, 6.07) is 8.72. The summed E-state index contributed by atoms with van der Waals surface area (Å²) >= 11 is 1.07. The van der Waals surface area contributed by atoms with E-state index < -0.39 is 12.0 Å². The molecule has 0 amide bonds. The van der Waals surface area contributed by atoms with Gasteiger partial charge in [0, 0.05) is 12.2 Å². The smallest absolute Gasteiger partial charge is 0.323 e. The molecule has 1 rings (SSSR count). The Morgan fingerprint density at radius 2 is 2.00 bits per heavy atom. The number of esters is 1. The zero-order valence-electron chi connectivity index (χ0n) is 10.3. The molecule has 0 heterocycles. The van der Waals surface area contributed by atoms with Gasteiger partial charge in [0.25, 0.3) is 0 Å². The average Bonchev–Trinajstić information content (AvgIpc) is 2.37. The second-order valence-electron chi connectivity index (χ2n) is 3.70. The molecule has 0 saturated heterocycles. The summed E-state index contributed by atoms with van der Waals surface area (Å²) in [5.41, 5.74) is 6.56. The van der Waals surface area contributed by atoms with Gasteiger partial charge in [-0.05, 0) is 12.5 Å². The molecule has 0 radical (unpaired) electrons. The first-order valence-corrected chi connectivity index (χ1v) is 6.73. The highest BCUT2D eigenvalue weighted by molar-refractivity contribution is 8.13. The van der Waals surface area contributed by atoms with Crippen molar-refractivity contribution in [2.24, 2.45) is 5.73 Å². The molecule has 0 aliphatic heterocycles. The van der Waals surface area contributed by atoms with Crippen molar-refractivity contribution in [2.45, 2.75) is 19.4 Å². The van der Waals surface area contributed by atoms with Crippen LogP contribution in [0.5, 0.6) is 0 Å². The van der Waals surface area contributed by atoms with Crippen LogP contribution in [-0.2, 0) is 20.7 Å². The van der Waals surface area contributed by atoms with Gasteiger partial charge in [0.2, 0.25) is 0 Å². The van der Waals surface area contributed by atoms with Crippen LogP contribution in [0.4, 0.5) is 0 Å². The van der Waals surface area contributed by atoms with Crippen molar-refractivity contribution >= 4 is 22.8 Å². The van der Waals surface area contributed by atoms with Crippen LogP contribution in [0.25, 0.3) is 0 Å². The highest BCUT2D eigenvalue weighted by Gasteiger charge is 2.16. The van der Waals surface area contributed by atoms with Crippen LogP contribution in [0.15, 0.2) is 30.3 Å². The van der Waals surface area contributed by atoms with Crippen LogP contribution >= 0.6 is 11.8 Å². The lowest BCUT2D eigenvalue weighted by Gasteiger charge is -2.09. The van der Waals surface area contributed by atoms with Crippen LogP contribution in [0.3, 0.4) is 0 Å². The summed E-state index contributed by atoms with van der Waals surface area (Å²) in [6.45, 7) is 2.02. The van der Waals surface area contributed by atoms with E-state index >= 15 is 0 Å². The van der Waals surface area contributed by atoms with Gasteiger partial charge in [0.1, 0.15) is 6.04 Å². The summed E-state index contributed by atoms with van der Waals surface area (Å²) in [6.07, 6.45) is 0.348. The Morgan fingerprint density at radius 1 is 1.33 bits per heavy atom. The molecule has 0 spiro atoms. The normalized spacial score (nSPS) is 11.9. The minimum absolute atomic E-state index is 0.000878. The SMILES string of the molecule is CCOC(=O)[C@@H](N)CSC(=O)Cc1ccccc1. The van der Waals surface area contributed by atoms with Crippen molar-refractivity contribution in [2.75, 3.05) is 12.4 Å². The number of rotatable bonds is 6. The molecule has 0 aromatic heterocycles. The van der Waals surface area contributed by atoms with Gasteiger partial charge in [0.05, 0.1) is 6.61 Å². The Labute approximate surface area is 111 Å². The zero-order chi connectivity index (χ0) is 13.4. The molecule has 18 heavy (non-hydrogen) atoms. The number of thioether (sulfide) groups is 1. The van der Waals surface area contributed by atoms with E-state index in [0.717, 1.165) is 17.3 Å². The molecule has 5 heteroatoms. The molecule has 1 aromatic rings. The molecule has 0 aliphatic carbocycles. The molecule has 0 unspecified atom stereocenters. The second kappa shape index (κ2) is 7.89. The third-order valence-corrected chi connectivity index (χ3v) is 3.20. The predicted molar refractivity (Wildman–Crippen MR) is 72.2 cm³/mol. The van der Waals surface area contributed by atoms with E-state index in [2.05, 4.69) is 0 Å². The van der Waals surface area contributed by atoms with E-state index in [-0.39, 0.29) is 10.9 Å². The van der Waals surface area contributed by atoms with Crippen molar-refractivity contribution in [1.29, 1.82) is 0 Å². The standard InChI is InChI=1S/C13H17NO3S/c1-2-17-13(16)11(14)9-18-12(15)8-10-6-4-3-5-7-10/h3-7,11H,2,8-9,14H2,1H3/t11-/m0/s1. The lowest BCUT2D eigenvalue weighted by Crippen LogP contribution is -2.35. The van der Waals surface area contributed by atoms with Gasteiger partial charge in [-0.25, -0.2) is 0 Å². The largest absolute Gasteiger partial charge is 0.465 e. The van der Waals surface area contributed by atoms with Gasteiger partial charge in [0.15, 0.2) is 5.12 Å². The molecule has 4 nitrogen and oxygen atoms in total. The number of benzene rings is 1. The lowest BCUT2D eigenvalue weighted by atomic mass is 10.2. The van der Waals surface area contributed by atoms with Crippen molar-refractivity contribution < 1.29 is 14.3 Å². The van der Waals surface area contributed by atoms with Crippen LogP contribution in [0, 0.1) is 0 Å². The Hall–Kier alpha value is -1.33. The van der Waals surface area contributed by atoms with E-state index in [9.17, 15) is 9.59 Å². The molecule has 0 fully saturated rings. The number of carbonyl (C=O) groups excluding carboxylic acids is 2. The van der Waals surface area contributed by atoms with Gasteiger partial charge in [-0.2, -0.15) is 0 Å². The number of hydrogen-bond donors (Lipinski definition) is 1. The van der Waals surface area contributed by atoms with Crippen LogP contribution in [-0.4, -0.2) is 29.5 Å². The van der Waals surface area contributed by atoms with Crippen molar-refractivity contribution in [3.8, 4) is 0 Å². The Balaban J connectivity index is 2.31. The highest BCUT2D eigenvalue weighted by atomic mass is 32.2. The van der Waals surface area contributed by atoms with E-state index in [4.69, 9.17) is 10.5 Å².